The summed E-state index contributed by atoms with van der Waals surface area (Å²) in [6.45, 7) is 5.72. The monoisotopic (exact) mass is 422 g/mol. The zero-order valence-electron chi connectivity index (χ0n) is 16.7. The summed E-state index contributed by atoms with van der Waals surface area (Å²) in [5, 5.41) is 4.97. The minimum absolute atomic E-state index is 0.0143. The van der Waals surface area contributed by atoms with Gasteiger partial charge in [-0.05, 0) is 50.2 Å². The average Bonchev–Trinajstić information content (AvgIpc) is 2.66. The maximum absolute atomic E-state index is 12.0. The lowest BCUT2D eigenvalue weighted by Crippen LogP contribution is -2.48. The van der Waals surface area contributed by atoms with Gasteiger partial charge in [0.2, 0.25) is 17.7 Å². The van der Waals surface area contributed by atoms with E-state index in [-0.39, 0.29) is 43.3 Å². The fourth-order valence-electron chi connectivity index (χ4n) is 2.17. The highest BCUT2D eigenvalue weighted by atomic mass is 32.1. The zero-order valence-corrected chi connectivity index (χ0v) is 17.5. The number of benzene rings is 1. The Hall–Kier alpha value is -3.01. The first-order valence-electron chi connectivity index (χ1n) is 9.12. The largest absolute Gasteiger partial charge is 0.466 e. The number of nitrogens with one attached hydrogen (secondary N) is 4. The number of amides is 3. The molecule has 10 heteroatoms. The number of hydrazine groups is 1. The van der Waals surface area contributed by atoms with Crippen molar-refractivity contribution in [2.75, 3.05) is 11.9 Å². The summed E-state index contributed by atoms with van der Waals surface area (Å²) in [5.41, 5.74) is 7.32. The van der Waals surface area contributed by atoms with Crippen LogP contribution in [0.15, 0.2) is 18.2 Å². The first-order chi connectivity index (χ1) is 13.7. The number of thiocarbonyl (C=S) groups is 1. The number of aryl methyl sites for hydroxylation is 2. The highest BCUT2D eigenvalue weighted by Gasteiger charge is 2.11. The third-order valence-electron chi connectivity index (χ3n) is 3.68. The Labute approximate surface area is 174 Å². The molecule has 1 aromatic carbocycles. The number of esters is 1. The van der Waals surface area contributed by atoms with Crippen LogP contribution in [0.2, 0.25) is 0 Å². The van der Waals surface area contributed by atoms with Crippen LogP contribution in [0.1, 0.15) is 43.7 Å². The highest BCUT2D eigenvalue weighted by molar-refractivity contribution is 7.80. The van der Waals surface area contributed by atoms with Gasteiger partial charge in [-0.25, -0.2) is 0 Å². The topological polar surface area (TPSA) is 126 Å². The van der Waals surface area contributed by atoms with E-state index in [4.69, 9.17) is 17.0 Å². The second-order valence-electron chi connectivity index (χ2n) is 6.22. The predicted octanol–water partition coefficient (Wildman–Crippen LogP) is 1.39. The molecule has 0 bridgehead atoms. The van der Waals surface area contributed by atoms with Crippen LogP contribution in [-0.2, 0) is 23.9 Å². The van der Waals surface area contributed by atoms with Crippen molar-refractivity contribution in [3.63, 3.8) is 0 Å². The lowest BCUT2D eigenvalue weighted by atomic mass is 10.1. The summed E-state index contributed by atoms with van der Waals surface area (Å²) in [6, 6.07) is 5.71. The van der Waals surface area contributed by atoms with Crippen LogP contribution < -0.4 is 21.5 Å². The first-order valence-corrected chi connectivity index (χ1v) is 9.53. The molecule has 9 nitrogen and oxygen atoms in total. The molecule has 0 spiro atoms. The summed E-state index contributed by atoms with van der Waals surface area (Å²) in [4.78, 5) is 46.6. The van der Waals surface area contributed by atoms with Gasteiger partial charge in [0.1, 0.15) is 0 Å². The fraction of sp³-hybridized carbons (Fsp3) is 0.421. The standard InChI is InChI=1S/C19H26N4O5S/c1-4-28-18(27)10-9-16(25)21-19(29)23-22-17(26)8-7-15(24)20-14-11-12(2)5-6-13(14)3/h5-6,11H,4,7-10H2,1-3H3,(H,20,24)(H,22,26)(H2,21,23,25,29). The van der Waals surface area contributed by atoms with E-state index >= 15 is 0 Å². The normalized spacial score (nSPS) is 9.90. The molecular weight excluding hydrogens is 396 g/mol. The number of hydrogen-bond donors (Lipinski definition) is 4. The van der Waals surface area contributed by atoms with Crippen molar-refractivity contribution < 1.29 is 23.9 Å². The molecule has 0 atom stereocenters. The van der Waals surface area contributed by atoms with Gasteiger partial charge in [0.25, 0.3) is 0 Å². The van der Waals surface area contributed by atoms with E-state index in [1.807, 2.05) is 32.0 Å². The lowest BCUT2D eigenvalue weighted by Gasteiger charge is -2.11. The fourth-order valence-corrected chi connectivity index (χ4v) is 2.33. The minimum atomic E-state index is -0.488. The maximum atomic E-state index is 12.0. The van der Waals surface area contributed by atoms with Gasteiger partial charge >= 0.3 is 5.97 Å². The van der Waals surface area contributed by atoms with Gasteiger partial charge in [-0.1, -0.05) is 12.1 Å². The minimum Gasteiger partial charge on any atom is -0.466 e. The number of hydrogen-bond acceptors (Lipinski definition) is 6. The molecule has 0 radical (unpaired) electrons. The molecule has 1 rings (SSSR count). The van der Waals surface area contributed by atoms with E-state index in [1.54, 1.807) is 6.92 Å². The van der Waals surface area contributed by atoms with Crippen LogP contribution >= 0.6 is 12.2 Å². The van der Waals surface area contributed by atoms with Gasteiger partial charge in [-0.3, -0.25) is 30.0 Å². The number of carbonyl (C=O) groups excluding carboxylic acids is 4. The molecule has 3 amide bonds. The van der Waals surface area contributed by atoms with Crippen molar-refractivity contribution in [2.24, 2.45) is 0 Å². The summed E-state index contributed by atoms with van der Waals surface area (Å²) in [7, 11) is 0. The van der Waals surface area contributed by atoms with Crippen molar-refractivity contribution in [1.29, 1.82) is 0 Å². The van der Waals surface area contributed by atoms with Crippen LogP contribution in [0.5, 0.6) is 0 Å². The summed E-state index contributed by atoms with van der Waals surface area (Å²) in [6.07, 6.45) is -0.236. The molecule has 0 saturated carbocycles. The number of anilines is 1. The summed E-state index contributed by atoms with van der Waals surface area (Å²) >= 11 is 4.88. The van der Waals surface area contributed by atoms with Crippen LogP contribution in [0.3, 0.4) is 0 Å². The lowest BCUT2D eigenvalue weighted by molar-refractivity contribution is -0.144. The Bertz CT molecular complexity index is 782. The molecule has 0 fully saturated rings. The average molecular weight is 423 g/mol. The molecule has 0 aromatic heterocycles. The molecule has 29 heavy (non-hydrogen) atoms. The van der Waals surface area contributed by atoms with Gasteiger partial charge in [0, 0.05) is 24.9 Å². The molecule has 0 saturated heterocycles. The number of carbonyl (C=O) groups is 4. The van der Waals surface area contributed by atoms with Gasteiger partial charge in [0.15, 0.2) is 5.11 Å². The molecule has 0 aliphatic heterocycles. The third-order valence-corrected chi connectivity index (χ3v) is 3.88. The molecule has 158 valence electrons. The zero-order chi connectivity index (χ0) is 21.8. The Morgan fingerprint density at radius 3 is 2.28 bits per heavy atom. The molecular formula is C19H26N4O5S. The van der Waals surface area contributed by atoms with Crippen molar-refractivity contribution >= 4 is 46.7 Å². The highest BCUT2D eigenvalue weighted by Crippen LogP contribution is 2.16. The molecule has 0 aliphatic carbocycles. The second-order valence-corrected chi connectivity index (χ2v) is 6.63. The van der Waals surface area contributed by atoms with Gasteiger partial charge in [-0.15, -0.1) is 0 Å². The first kappa shape index (κ1) is 24.0. The van der Waals surface area contributed by atoms with Crippen LogP contribution in [-0.4, -0.2) is 35.4 Å². The Morgan fingerprint density at radius 1 is 0.931 bits per heavy atom. The van der Waals surface area contributed by atoms with E-state index in [2.05, 4.69) is 21.5 Å². The van der Waals surface area contributed by atoms with E-state index in [9.17, 15) is 19.2 Å². The Kier molecular flexibility index (Phi) is 10.3. The van der Waals surface area contributed by atoms with E-state index in [0.717, 1.165) is 11.1 Å². The van der Waals surface area contributed by atoms with Crippen molar-refractivity contribution in [2.45, 2.75) is 46.5 Å². The van der Waals surface area contributed by atoms with Crippen molar-refractivity contribution in [3.8, 4) is 0 Å². The number of rotatable bonds is 8. The van der Waals surface area contributed by atoms with Gasteiger partial charge < -0.3 is 15.4 Å². The molecule has 0 aliphatic rings. The second kappa shape index (κ2) is 12.4. The molecule has 0 heterocycles. The summed E-state index contributed by atoms with van der Waals surface area (Å²) in [5.74, 6) is -1.72. The smallest absolute Gasteiger partial charge is 0.306 e. The third kappa shape index (κ3) is 10.2. The van der Waals surface area contributed by atoms with E-state index < -0.39 is 17.8 Å². The van der Waals surface area contributed by atoms with Crippen molar-refractivity contribution in [1.82, 2.24) is 16.2 Å². The van der Waals surface area contributed by atoms with E-state index in [1.165, 1.54) is 0 Å². The molecule has 0 unspecified atom stereocenters. The van der Waals surface area contributed by atoms with Crippen LogP contribution in [0.25, 0.3) is 0 Å². The Morgan fingerprint density at radius 2 is 1.59 bits per heavy atom. The molecule has 4 N–H and O–H groups in total. The Balaban J connectivity index is 2.26. The SMILES string of the molecule is CCOC(=O)CCC(=O)NC(=S)NNC(=O)CCC(=O)Nc1cc(C)ccc1C. The predicted molar refractivity (Wildman–Crippen MR) is 112 cm³/mol. The molecule has 1 aromatic rings. The summed E-state index contributed by atoms with van der Waals surface area (Å²) < 4.78 is 4.72. The van der Waals surface area contributed by atoms with Crippen molar-refractivity contribution in [3.05, 3.63) is 29.3 Å². The van der Waals surface area contributed by atoms with Crippen LogP contribution in [0.4, 0.5) is 5.69 Å². The van der Waals surface area contributed by atoms with Gasteiger partial charge in [-0.2, -0.15) is 0 Å². The van der Waals surface area contributed by atoms with Crippen LogP contribution in [0, 0.1) is 13.8 Å². The number of ether oxygens (including phenoxy) is 1. The van der Waals surface area contributed by atoms with E-state index in [0.29, 0.717) is 5.69 Å². The quantitative estimate of drug-likeness (QED) is 0.283. The van der Waals surface area contributed by atoms with Gasteiger partial charge in [0.05, 0.1) is 13.0 Å². The maximum Gasteiger partial charge on any atom is 0.306 e.